The van der Waals surface area contributed by atoms with Gasteiger partial charge in [0.1, 0.15) is 4.90 Å². The van der Waals surface area contributed by atoms with Gasteiger partial charge in [-0.05, 0) is 59.0 Å². The van der Waals surface area contributed by atoms with Crippen molar-refractivity contribution in [3.05, 3.63) is 57.4 Å². The van der Waals surface area contributed by atoms with Gasteiger partial charge in [-0.25, -0.2) is 26.3 Å². The van der Waals surface area contributed by atoms with Gasteiger partial charge >= 0.3 is 0 Å². The van der Waals surface area contributed by atoms with Gasteiger partial charge in [-0.3, -0.25) is 4.18 Å². The highest BCUT2D eigenvalue weighted by molar-refractivity contribution is 14.1. The molecule has 2 aromatic rings. The van der Waals surface area contributed by atoms with E-state index in [0.29, 0.717) is 12.1 Å². The van der Waals surface area contributed by atoms with E-state index < -0.39 is 55.6 Å². The number of halogens is 4. The van der Waals surface area contributed by atoms with Gasteiger partial charge in [0.2, 0.25) is 10.0 Å². The quantitative estimate of drug-likeness (QED) is 0.262. The first-order valence-corrected chi connectivity index (χ1v) is 10.8. The molecule has 0 aliphatic heterocycles. The minimum Gasteiger partial charge on any atom is -0.265 e. The van der Waals surface area contributed by atoms with Crippen LogP contribution in [0.5, 0.6) is 0 Å². The van der Waals surface area contributed by atoms with Crippen molar-refractivity contribution >= 4 is 42.7 Å². The third-order valence-electron chi connectivity index (χ3n) is 3.02. The maximum atomic E-state index is 13.5. The van der Waals surface area contributed by atoms with E-state index in [2.05, 4.69) is 4.18 Å². The Labute approximate surface area is 161 Å². The highest BCUT2D eigenvalue weighted by Crippen LogP contribution is 2.19. The predicted octanol–water partition coefficient (Wildman–Crippen LogP) is 2.39. The summed E-state index contributed by atoms with van der Waals surface area (Å²) in [6.07, 6.45) is 0. The molecule has 0 saturated carbocycles. The summed E-state index contributed by atoms with van der Waals surface area (Å²) in [5.41, 5.74) is 0. The van der Waals surface area contributed by atoms with Gasteiger partial charge in [0.25, 0.3) is 10.1 Å². The maximum absolute atomic E-state index is 13.5. The lowest BCUT2D eigenvalue weighted by Crippen LogP contribution is -2.29. The summed E-state index contributed by atoms with van der Waals surface area (Å²) in [4.78, 5) is -1.22. The van der Waals surface area contributed by atoms with Crippen LogP contribution >= 0.6 is 22.6 Å². The molecule has 0 aliphatic rings. The molecule has 1 N–H and O–H groups in total. The molecule has 142 valence electrons. The molecule has 2 aromatic carbocycles. The summed E-state index contributed by atoms with van der Waals surface area (Å²) in [7, 11) is -8.63. The zero-order chi connectivity index (χ0) is 19.5. The Balaban J connectivity index is 2.01. The van der Waals surface area contributed by atoms with Crippen molar-refractivity contribution in [1.82, 2.24) is 4.72 Å². The van der Waals surface area contributed by atoms with E-state index in [1.807, 2.05) is 27.3 Å². The number of rotatable bonds is 7. The van der Waals surface area contributed by atoms with Gasteiger partial charge in [0.05, 0.1) is 11.5 Å². The SMILES string of the molecule is O=S(=O)(NCCOS(=O)(=O)c1ccc(I)cc1)c1ccc(F)c(F)c1F. The van der Waals surface area contributed by atoms with E-state index in [4.69, 9.17) is 0 Å². The summed E-state index contributed by atoms with van der Waals surface area (Å²) in [6, 6.07) is 6.75. The lowest BCUT2D eigenvalue weighted by atomic mass is 10.3. The fourth-order valence-corrected chi connectivity index (χ4v) is 4.14. The van der Waals surface area contributed by atoms with Crippen LogP contribution in [0.1, 0.15) is 0 Å². The van der Waals surface area contributed by atoms with E-state index in [9.17, 15) is 30.0 Å². The maximum Gasteiger partial charge on any atom is 0.297 e. The molecular formula is C14H11F3INO5S2. The van der Waals surface area contributed by atoms with Crippen LogP contribution in [0.15, 0.2) is 46.2 Å². The van der Waals surface area contributed by atoms with E-state index in [0.717, 1.165) is 3.57 Å². The molecule has 0 unspecified atom stereocenters. The predicted molar refractivity (Wildman–Crippen MR) is 93.8 cm³/mol. The van der Waals surface area contributed by atoms with E-state index >= 15 is 0 Å². The van der Waals surface area contributed by atoms with Crippen LogP contribution in [0.25, 0.3) is 0 Å². The zero-order valence-electron chi connectivity index (χ0n) is 12.7. The van der Waals surface area contributed by atoms with E-state index in [-0.39, 0.29) is 4.90 Å². The molecule has 0 radical (unpaired) electrons. The van der Waals surface area contributed by atoms with Crippen LogP contribution in [-0.2, 0) is 24.3 Å². The number of sulfonamides is 1. The Morgan fingerprint density at radius 2 is 1.54 bits per heavy atom. The molecule has 2 rings (SSSR count). The Morgan fingerprint density at radius 1 is 0.923 bits per heavy atom. The standard InChI is InChI=1S/C14H11F3INO5S2/c15-11-5-6-12(14(17)13(11)16)25(20,21)19-7-8-24-26(22,23)10-3-1-9(18)2-4-10/h1-6,19H,7-8H2. The molecule has 0 aromatic heterocycles. The molecule has 0 amide bonds. The van der Waals surface area contributed by atoms with Crippen molar-refractivity contribution in [3.8, 4) is 0 Å². The van der Waals surface area contributed by atoms with Crippen LogP contribution in [0.3, 0.4) is 0 Å². The Morgan fingerprint density at radius 3 is 2.15 bits per heavy atom. The average molecular weight is 521 g/mol. The number of hydrogen-bond donors (Lipinski definition) is 1. The molecule has 26 heavy (non-hydrogen) atoms. The minimum absolute atomic E-state index is 0.118. The van der Waals surface area contributed by atoms with Crippen molar-refractivity contribution < 1.29 is 34.2 Å². The van der Waals surface area contributed by atoms with E-state index in [1.165, 1.54) is 12.1 Å². The lowest BCUT2D eigenvalue weighted by molar-refractivity contribution is 0.322. The smallest absolute Gasteiger partial charge is 0.265 e. The van der Waals surface area contributed by atoms with Gasteiger partial charge in [0.15, 0.2) is 17.5 Å². The number of hydrogen-bond acceptors (Lipinski definition) is 5. The van der Waals surface area contributed by atoms with Crippen LogP contribution < -0.4 is 4.72 Å². The molecule has 0 bridgehead atoms. The third kappa shape index (κ3) is 4.94. The number of benzene rings is 2. The second kappa shape index (κ2) is 8.21. The molecule has 0 aliphatic carbocycles. The molecule has 0 heterocycles. The average Bonchev–Trinajstić information content (AvgIpc) is 2.57. The molecule has 0 atom stereocenters. The zero-order valence-corrected chi connectivity index (χ0v) is 16.5. The first-order valence-electron chi connectivity index (χ1n) is 6.83. The van der Waals surface area contributed by atoms with Crippen molar-refractivity contribution in [1.29, 1.82) is 0 Å². The molecule has 0 fully saturated rings. The van der Waals surface area contributed by atoms with Crippen molar-refractivity contribution in [3.63, 3.8) is 0 Å². The highest BCUT2D eigenvalue weighted by atomic mass is 127. The topological polar surface area (TPSA) is 89.5 Å². The van der Waals surface area contributed by atoms with Crippen molar-refractivity contribution in [2.45, 2.75) is 9.79 Å². The monoisotopic (exact) mass is 521 g/mol. The first-order chi connectivity index (χ1) is 12.0. The lowest BCUT2D eigenvalue weighted by Gasteiger charge is -2.09. The van der Waals surface area contributed by atoms with Crippen LogP contribution in [-0.4, -0.2) is 30.0 Å². The fourth-order valence-electron chi connectivity index (χ4n) is 1.79. The molecule has 0 saturated heterocycles. The van der Waals surface area contributed by atoms with Crippen LogP contribution in [0.4, 0.5) is 13.2 Å². The summed E-state index contributed by atoms with van der Waals surface area (Å²) < 4.78 is 94.5. The van der Waals surface area contributed by atoms with Gasteiger partial charge in [-0.2, -0.15) is 8.42 Å². The molecule has 12 heteroatoms. The molecule has 6 nitrogen and oxygen atoms in total. The fraction of sp³-hybridized carbons (Fsp3) is 0.143. The third-order valence-corrected chi connectivity index (χ3v) is 6.55. The Kier molecular flexibility index (Phi) is 6.65. The minimum atomic E-state index is -4.53. The molecular weight excluding hydrogens is 510 g/mol. The Bertz CT molecular complexity index is 1010. The second-order valence-electron chi connectivity index (χ2n) is 4.80. The molecule has 0 spiro atoms. The summed E-state index contributed by atoms with van der Waals surface area (Å²) in [5, 5.41) is 0. The van der Waals surface area contributed by atoms with Crippen molar-refractivity contribution in [2.24, 2.45) is 0 Å². The summed E-state index contributed by atoms with van der Waals surface area (Å²) in [6.45, 7) is -1.12. The van der Waals surface area contributed by atoms with E-state index in [1.54, 1.807) is 12.1 Å². The van der Waals surface area contributed by atoms with Crippen LogP contribution in [0, 0.1) is 21.0 Å². The highest BCUT2D eigenvalue weighted by Gasteiger charge is 2.24. The summed E-state index contributed by atoms with van der Waals surface area (Å²) in [5.74, 6) is -5.33. The van der Waals surface area contributed by atoms with Crippen LogP contribution in [0.2, 0.25) is 0 Å². The number of nitrogens with one attached hydrogen (secondary N) is 1. The summed E-state index contributed by atoms with van der Waals surface area (Å²) >= 11 is 1.99. The van der Waals surface area contributed by atoms with Crippen molar-refractivity contribution in [2.75, 3.05) is 13.2 Å². The van der Waals surface area contributed by atoms with Gasteiger partial charge in [-0.1, -0.05) is 0 Å². The largest absolute Gasteiger partial charge is 0.297 e. The van der Waals surface area contributed by atoms with Gasteiger partial charge < -0.3 is 0 Å². The van der Waals surface area contributed by atoms with Gasteiger partial charge in [0, 0.05) is 10.1 Å². The first kappa shape index (κ1) is 21.1. The Hall–Kier alpha value is -1.22. The van der Waals surface area contributed by atoms with Gasteiger partial charge in [-0.15, -0.1) is 0 Å². The normalized spacial score (nSPS) is 12.3. The second-order valence-corrected chi connectivity index (χ2v) is 9.40.